The SMILES string of the molecule is NCC(=O)NCC(=O)NCCc1cccc(F)c1. The number of carbonyl (C=O) groups is 2. The Morgan fingerprint density at radius 3 is 2.67 bits per heavy atom. The van der Waals surface area contributed by atoms with Crippen molar-refractivity contribution in [2.75, 3.05) is 19.6 Å². The van der Waals surface area contributed by atoms with Crippen molar-refractivity contribution in [3.05, 3.63) is 35.6 Å². The minimum Gasteiger partial charge on any atom is -0.354 e. The highest BCUT2D eigenvalue weighted by Crippen LogP contribution is 2.03. The summed E-state index contributed by atoms with van der Waals surface area (Å²) in [5, 5.41) is 4.97. The highest BCUT2D eigenvalue weighted by molar-refractivity contribution is 5.85. The number of amides is 2. The van der Waals surface area contributed by atoms with Crippen LogP contribution >= 0.6 is 0 Å². The number of rotatable bonds is 6. The summed E-state index contributed by atoms with van der Waals surface area (Å²) >= 11 is 0. The minimum absolute atomic E-state index is 0.0980. The fourth-order valence-electron chi connectivity index (χ4n) is 1.35. The van der Waals surface area contributed by atoms with Gasteiger partial charge in [0.25, 0.3) is 0 Å². The highest BCUT2D eigenvalue weighted by atomic mass is 19.1. The van der Waals surface area contributed by atoms with Crippen molar-refractivity contribution in [3.63, 3.8) is 0 Å². The van der Waals surface area contributed by atoms with Crippen molar-refractivity contribution in [3.8, 4) is 0 Å². The third-order valence-electron chi connectivity index (χ3n) is 2.26. The number of halogens is 1. The molecule has 0 aliphatic heterocycles. The van der Waals surface area contributed by atoms with Crippen LogP contribution in [0.3, 0.4) is 0 Å². The molecule has 0 saturated heterocycles. The van der Waals surface area contributed by atoms with Crippen molar-refractivity contribution in [2.24, 2.45) is 5.73 Å². The molecule has 4 N–H and O–H groups in total. The molecule has 0 atom stereocenters. The van der Waals surface area contributed by atoms with Gasteiger partial charge in [-0.2, -0.15) is 0 Å². The molecule has 18 heavy (non-hydrogen) atoms. The molecular formula is C12H16FN3O2. The Balaban J connectivity index is 2.21. The van der Waals surface area contributed by atoms with Crippen LogP contribution in [0.4, 0.5) is 4.39 Å². The Morgan fingerprint density at radius 1 is 1.22 bits per heavy atom. The van der Waals surface area contributed by atoms with Gasteiger partial charge in [0.2, 0.25) is 11.8 Å². The van der Waals surface area contributed by atoms with Crippen LogP contribution in [-0.4, -0.2) is 31.4 Å². The average Bonchev–Trinajstić information content (AvgIpc) is 2.36. The van der Waals surface area contributed by atoms with Crippen LogP contribution in [0.2, 0.25) is 0 Å². The Labute approximate surface area is 105 Å². The van der Waals surface area contributed by atoms with Gasteiger partial charge in [-0.1, -0.05) is 12.1 Å². The van der Waals surface area contributed by atoms with Gasteiger partial charge in [-0.15, -0.1) is 0 Å². The first-order valence-electron chi connectivity index (χ1n) is 5.59. The summed E-state index contributed by atoms with van der Waals surface area (Å²) in [6.45, 7) is 0.149. The maximum Gasteiger partial charge on any atom is 0.239 e. The van der Waals surface area contributed by atoms with E-state index in [4.69, 9.17) is 5.73 Å². The van der Waals surface area contributed by atoms with Crippen molar-refractivity contribution in [1.82, 2.24) is 10.6 Å². The van der Waals surface area contributed by atoms with Gasteiger partial charge in [0.05, 0.1) is 13.1 Å². The molecule has 1 aromatic carbocycles. The summed E-state index contributed by atoms with van der Waals surface area (Å²) in [5.41, 5.74) is 5.88. The second kappa shape index (κ2) is 7.39. The van der Waals surface area contributed by atoms with E-state index in [9.17, 15) is 14.0 Å². The number of benzene rings is 1. The number of nitrogens with two attached hydrogens (primary N) is 1. The predicted octanol–water partition coefficient (Wildman–Crippen LogP) is -0.441. The lowest BCUT2D eigenvalue weighted by atomic mass is 10.1. The molecule has 0 saturated carbocycles. The Bertz CT molecular complexity index is 424. The normalized spacial score (nSPS) is 9.89. The van der Waals surface area contributed by atoms with Crippen LogP contribution in [-0.2, 0) is 16.0 Å². The summed E-state index contributed by atoms with van der Waals surface area (Å²) in [5.74, 6) is -0.975. The fourth-order valence-corrected chi connectivity index (χ4v) is 1.35. The summed E-state index contributed by atoms with van der Waals surface area (Å²) < 4.78 is 12.9. The molecule has 0 spiro atoms. The summed E-state index contributed by atoms with van der Waals surface area (Å²) in [6, 6.07) is 6.19. The molecule has 5 nitrogen and oxygen atoms in total. The first-order valence-corrected chi connectivity index (χ1v) is 5.59. The van der Waals surface area contributed by atoms with Crippen molar-refractivity contribution in [2.45, 2.75) is 6.42 Å². The molecule has 1 rings (SSSR count). The van der Waals surface area contributed by atoms with E-state index in [1.807, 2.05) is 0 Å². The van der Waals surface area contributed by atoms with Crippen LogP contribution in [0.25, 0.3) is 0 Å². The Kier molecular flexibility index (Phi) is 5.79. The molecule has 0 unspecified atom stereocenters. The molecule has 0 aliphatic carbocycles. The van der Waals surface area contributed by atoms with Gasteiger partial charge in [0.15, 0.2) is 0 Å². The van der Waals surface area contributed by atoms with Crippen molar-refractivity contribution >= 4 is 11.8 Å². The van der Waals surface area contributed by atoms with E-state index in [-0.39, 0.29) is 30.7 Å². The summed E-state index contributed by atoms with van der Waals surface area (Å²) in [4.78, 5) is 22.1. The smallest absolute Gasteiger partial charge is 0.239 e. The second-order valence-corrected chi connectivity index (χ2v) is 3.71. The molecule has 2 amide bonds. The van der Waals surface area contributed by atoms with E-state index in [2.05, 4.69) is 10.6 Å². The molecule has 0 aliphatic rings. The van der Waals surface area contributed by atoms with Crippen molar-refractivity contribution < 1.29 is 14.0 Å². The molecular weight excluding hydrogens is 237 g/mol. The third kappa shape index (κ3) is 5.40. The van der Waals surface area contributed by atoms with E-state index in [0.717, 1.165) is 5.56 Å². The van der Waals surface area contributed by atoms with Gasteiger partial charge in [0, 0.05) is 6.54 Å². The standard InChI is InChI=1S/C12H16FN3O2/c13-10-3-1-2-9(6-10)4-5-15-12(18)8-16-11(17)7-14/h1-3,6H,4-5,7-8,14H2,(H,15,18)(H,16,17). The molecule has 0 heterocycles. The van der Waals surface area contributed by atoms with Crippen LogP contribution in [0, 0.1) is 5.82 Å². The topological polar surface area (TPSA) is 84.2 Å². The lowest BCUT2D eigenvalue weighted by Gasteiger charge is -2.06. The number of carbonyl (C=O) groups excluding carboxylic acids is 2. The highest BCUT2D eigenvalue weighted by Gasteiger charge is 2.03. The van der Waals surface area contributed by atoms with E-state index >= 15 is 0 Å². The van der Waals surface area contributed by atoms with E-state index < -0.39 is 0 Å². The van der Waals surface area contributed by atoms with E-state index in [0.29, 0.717) is 13.0 Å². The van der Waals surface area contributed by atoms with Gasteiger partial charge in [-0.3, -0.25) is 9.59 Å². The van der Waals surface area contributed by atoms with Gasteiger partial charge in [-0.05, 0) is 24.1 Å². The monoisotopic (exact) mass is 253 g/mol. The zero-order valence-corrected chi connectivity index (χ0v) is 9.91. The van der Waals surface area contributed by atoms with Gasteiger partial charge >= 0.3 is 0 Å². The second-order valence-electron chi connectivity index (χ2n) is 3.71. The van der Waals surface area contributed by atoms with Crippen LogP contribution < -0.4 is 16.4 Å². The first-order chi connectivity index (χ1) is 8.61. The Morgan fingerprint density at radius 2 is 2.00 bits per heavy atom. The number of nitrogens with one attached hydrogen (secondary N) is 2. The molecule has 0 bridgehead atoms. The predicted molar refractivity (Wildman–Crippen MR) is 65.2 cm³/mol. The zero-order valence-electron chi connectivity index (χ0n) is 9.91. The van der Waals surface area contributed by atoms with Crippen molar-refractivity contribution in [1.29, 1.82) is 0 Å². The third-order valence-corrected chi connectivity index (χ3v) is 2.26. The fraction of sp³-hybridized carbons (Fsp3) is 0.333. The lowest BCUT2D eigenvalue weighted by Crippen LogP contribution is -2.40. The first kappa shape index (κ1) is 14.1. The average molecular weight is 253 g/mol. The lowest BCUT2D eigenvalue weighted by molar-refractivity contribution is -0.125. The molecule has 0 aromatic heterocycles. The Hall–Kier alpha value is -1.95. The molecule has 1 aromatic rings. The molecule has 0 fully saturated rings. The van der Waals surface area contributed by atoms with Crippen LogP contribution in [0.1, 0.15) is 5.56 Å². The molecule has 6 heteroatoms. The van der Waals surface area contributed by atoms with E-state index in [1.54, 1.807) is 12.1 Å². The van der Waals surface area contributed by atoms with Gasteiger partial charge in [-0.25, -0.2) is 4.39 Å². The molecule has 0 radical (unpaired) electrons. The zero-order chi connectivity index (χ0) is 13.4. The summed E-state index contributed by atoms with van der Waals surface area (Å²) in [6.07, 6.45) is 0.536. The van der Waals surface area contributed by atoms with Gasteiger partial charge in [0.1, 0.15) is 5.82 Å². The number of hydrogen-bond donors (Lipinski definition) is 3. The maximum atomic E-state index is 12.9. The van der Waals surface area contributed by atoms with E-state index in [1.165, 1.54) is 12.1 Å². The van der Waals surface area contributed by atoms with Crippen LogP contribution in [0.15, 0.2) is 24.3 Å². The molecule has 98 valence electrons. The van der Waals surface area contributed by atoms with Gasteiger partial charge < -0.3 is 16.4 Å². The largest absolute Gasteiger partial charge is 0.354 e. The summed E-state index contributed by atoms with van der Waals surface area (Å²) in [7, 11) is 0. The van der Waals surface area contributed by atoms with Crippen LogP contribution in [0.5, 0.6) is 0 Å². The maximum absolute atomic E-state index is 12.9. The minimum atomic E-state index is -0.379. The number of hydrogen-bond acceptors (Lipinski definition) is 3. The quantitative estimate of drug-likeness (QED) is 0.642.